The Bertz CT molecular complexity index is 2620. The summed E-state index contributed by atoms with van der Waals surface area (Å²) in [5.74, 6) is 0.101. The molecule has 0 N–H and O–H groups in total. The Kier molecular flexibility index (Phi) is 11.8. The smallest absolute Gasteiger partial charge is 0.0771 e. The summed E-state index contributed by atoms with van der Waals surface area (Å²) >= 11 is 1.46. The van der Waals surface area contributed by atoms with Gasteiger partial charge in [0.25, 0.3) is 0 Å². The van der Waals surface area contributed by atoms with Gasteiger partial charge in [-0.15, -0.1) is 63.0 Å². The molecule has 0 aliphatic heterocycles. The van der Waals surface area contributed by atoms with Crippen molar-refractivity contribution in [3.63, 3.8) is 0 Å². The van der Waals surface area contributed by atoms with E-state index < -0.39 is 0 Å². The summed E-state index contributed by atoms with van der Waals surface area (Å²) in [6.45, 7) is 0. The van der Waals surface area contributed by atoms with Gasteiger partial charge >= 0.3 is 99.2 Å². The van der Waals surface area contributed by atoms with Crippen molar-refractivity contribution in [2.45, 2.75) is 5.92 Å². The molecular weight excluding hydrogens is 752 g/mol. The van der Waals surface area contributed by atoms with Crippen LogP contribution in [0.2, 0.25) is 0 Å². The quantitative estimate of drug-likeness (QED) is 0.147. The summed E-state index contributed by atoms with van der Waals surface area (Å²) in [5.41, 5.74) is 11.4. The van der Waals surface area contributed by atoms with Gasteiger partial charge in [0.05, 0.1) is 0 Å². The van der Waals surface area contributed by atoms with E-state index in [1.54, 1.807) is 0 Å². The van der Waals surface area contributed by atoms with E-state index in [-0.39, 0.29) is 5.92 Å². The Morgan fingerprint density at radius 3 is 1.25 bits per heavy atom. The molecule has 0 amide bonds. The predicted molar refractivity (Wildman–Crippen MR) is 235 cm³/mol. The Balaban J connectivity index is 0.000000135. The van der Waals surface area contributed by atoms with Crippen molar-refractivity contribution in [1.29, 1.82) is 0 Å². The molecule has 10 rings (SSSR count). The molecule has 0 heterocycles. The van der Waals surface area contributed by atoms with Gasteiger partial charge in [0.2, 0.25) is 0 Å². The molecule has 264 valence electrons. The van der Waals surface area contributed by atoms with Gasteiger partial charge in [-0.3, -0.25) is 0 Å². The van der Waals surface area contributed by atoms with Crippen LogP contribution in [0, 0.1) is 6.08 Å². The monoisotopic (exact) mass is 790 g/mol. The number of rotatable bonds is 6. The van der Waals surface area contributed by atoms with E-state index in [2.05, 4.69) is 243 Å². The van der Waals surface area contributed by atoms with Crippen LogP contribution in [0.15, 0.2) is 237 Å². The molecular formula is C55H40Zr. The van der Waals surface area contributed by atoms with Crippen LogP contribution >= 0.6 is 0 Å². The third-order valence-corrected chi connectivity index (χ3v) is 11.5. The molecule has 0 saturated carbocycles. The number of benzene rings is 8. The van der Waals surface area contributed by atoms with E-state index in [0.29, 0.717) is 0 Å². The van der Waals surface area contributed by atoms with Gasteiger partial charge in [0.15, 0.2) is 0 Å². The predicted octanol–water partition coefficient (Wildman–Crippen LogP) is 13.8. The fraction of sp³-hybridized carbons (Fsp3) is 0.0182. The molecule has 1 aliphatic carbocycles. The Morgan fingerprint density at radius 1 is 0.393 bits per heavy atom. The van der Waals surface area contributed by atoms with Crippen LogP contribution in [0.5, 0.6) is 0 Å². The fourth-order valence-corrected chi connectivity index (χ4v) is 8.23. The normalized spacial score (nSPS) is 13.3. The topological polar surface area (TPSA) is 0 Å². The van der Waals surface area contributed by atoms with Gasteiger partial charge in [-0.25, -0.2) is 0 Å². The van der Waals surface area contributed by atoms with E-state index in [9.17, 15) is 0 Å². The molecule has 0 spiro atoms. The van der Waals surface area contributed by atoms with Crippen LogP contribution in [-0.4, -0.2) is 3.21 Å². The minimum absolute atomic E-state index is 0.101. The molecule has 0 nitrogen and oxygen atoms in total. The SMILES string of the molecule is [C-]1=C(c2ccccc2)C(c2ccccc2)=C(c2ccccc2)C1c1ccccc1.[Zr+2]=[C](c1ccccc1)c1ccccc1.c1ccc2c(c1)[cH-]c1ccccc12. The maximum absolute atomic E-state index is 3.86. The maximum Gasteiger partial charge on any atom is -0.0771 e. The van der Waals surface area contributed by atoms with Gasteiger partial charge in [-0.1, -0.05) is 157 Å². The van der Waals surface area contributed by atoms with Crippen LogP contribution in [0.1, 0.15) is 39.3 Å². The van der Waals surface area contributed by atoms with Gasteiger partial charge < -0.3 is 0 Å². The van der Waals surface area contributed by atoms with Crippen LogP contribution in [0.4, 0.5) is 0 Å². The van der Waals surface area contributed by atoms with Crippen LogP contribution in [0.3, 0.4) is 0 Å². The molecule has 0 bridgehead atoms. The fourth-order valence-electron chi connectivity index (χ4n) is 7.41. The van der Waals surface area contributed by atoms with Crippen LogP contribution < -0.4 is 0 Å². The van der Waals surface area contributed by atoms with Crippen LogP contribution in [0.25, 0.3) is 38.3 Å². The summed E-state index contributed by atoms with van der Waals surface area (Å²) in [7, 11) is 0. The Morgan fingerprint density at radius 2 is 0.768 bits per heavy atom. The zero-order valence-electron chi connectivity index (χ0n) is 31.1. The van der Waals surface area contributed by atoms with Gasteiger partial charge in [-0.05, 0) is 17.0 Å². The van der Waals surface area contributed by atoms with Crippen molar-refractivity contribution in [3.8, 4) is 0 Å². The minimum atomic E-state index is 0.101. The van der Waals surface area contributed by atoms with E-state index in [1.807, 2.05) is 0 Å². The average Bonchev–Trinajstić information content (AvgIpc) is 3.88. The first-order chi connectivity index (χ1) is 27.7. The summed E-state index contributed by atoms with van der Waals surface area (Å²) in [6.07, 6.45) is 3.86. The Labute approximate surface area is 345 Å². The van der Waals surface area contributed by atoms with Gasteiger partial charge in [0, 0.05) is 0 Å². The van der Waals surface area contributed by atoms with Gasteiger partial charge in [0.1, 0.15) is 0 Å². The summed E-state index contributed by atoms with van der Waals surface area (Å²) < 4.78 is 1.42. The third kappa shape index (κ3) is 8.40. The number of hydrogen-bond acceptors (Lipinski definition) is 0. The molecule has 0 radical (unpaired) electrons. The first kappa shape index (κ1) is 36.8. The average molecular weight is 792 g/mol. The number of fused-ring (bicyclic) bond motifs is 3. The van der Waals surface area contributed by atoms with Crippen molar-refractivity contribution >= 4 is 41.5 Å². The largest absolute Gasteiger partial charge is 0.126 e. The molecule has 56 heavy (non-hydrogen) atoms. The van der Waals surface area contributed by atoms with E-state index in [1.165, 1.54) is 99.1 Å². The zero-order chi connectivity index (χ0) is 37.9. The van der Waals surface area contributed by atoms with E-state index in [0.717, 1.165) is 0 Å². The Hall–Kier alpha value is -6.14. The molecule has 9 aromatic carbocycles. The first-order valence-electron chi connectivity index (χ1n) is 19.1. The first-order valence-corrected chi connectivity index (χ1v) is 20.3. The van der Waals surface area contributed by atoms with E-state index in [4.69, 9.17) is 0 Å². The molecule has 1 unspecified atom stereocenters. The van der Waals surface area contributed by atoms with Crippen molar-refractivity contribution in [2.75, 3.05) is 0 Å². The second kappa shape index (κ2) is 18.0. The van der Waals surface area contributed by atoms with Crippen molar-refractivity contribution in [2.24, 2.45) is 0 Å². The molecule has 1 aliphatic rings. The molecule has 1 heteroatoms. The summed E-state index contributed by atoms with van der Waals surface area (Å²) in [6, 6.07) is 83.2. The molecule has 0 saturated heterocycles. The van der Waals surface area contributed by atoms with Crippen molar-refractivity contribution in [1.82, 2.24) is 0 Å². The van der Waals surface area contributed by atoms with Crippen molar-refractivity contribution in [3.05, 3.63) is 276 Å². The van der Waals surface area contributed by atoms with E-state index >= 15 is 0 Å². The molecule has 0 aromatic heterocycles. The number of allylic oxidation sites excluding steroid dienone is 4. The van der Waals surface area contributed by atoms with Gasteiger partial charge in [-0.2, -0.15) is 11.6 Å². The second-order valence-electron chi connectivity index (χ2n) is 13.7. The van der Waals surface area contributed by atoms with Crippen molar-refractivity contribution < 1.29 is 24.2 Å². The minimum Gasteiger partial charge on any atom is -0.126 e. The molecule has 9 aromatic rings. The standard InChI is InChI=1S/C29H21.C13H9.C13H10.Zr/c1-5-13-22(14-6-1)26-21-27(23-15-7-2-8-16-23)29(25-19-11-4-12-20-25)28(26)24-17-9-3-10-18-24;1-3-7-12-10(5-1)9-11-6-2-4-8-13(11)12;1-3-7-12(8-4-1)11-13-9-5-2-6-10-13;/h1-20,26H;1-9H;1-10H;/q2*-1;;+2. The zero-order valence-corrected chi connectivity index (χ0v) is 33.6. The third-order valence-electron chi connectivity index (χ3n) is 10.1. The number of hydrogen-bond donors (Lipinski definition) is 0. The summed E-state index contributed by atoms with van der Waals surface area (Å²) in [5, 5.41) is 5.39. The maximum atomic E-state index is 3.86. The molecule has 1 atom stereocenters. The van der Waals surface area contributed by atoms with Crippen LogP contribution in [-0.2, 0) is 24.2 Å². The summed E-state index contributed by atoms with van der Waals surface area (Å²) in [4.78, 5) is 0. The second-order valence-corrected chi connectivity index (χ2v) is 14.9. The molecule has 0 fully saturated rings.